The highest BCUT2D eigenvalue weighted by Crippen LogP contribution is 2.12. The number of aryl methyl sites for hydroxylation is 1. The van der Waals surface area contributed by atoms with Gasteiger partial charge in [0.15, 0.2) is 5.76 Å². The van der Waals surface area contributed by atoms with E-state index < -0.39 is 0 Å². The molecule has 0 spiro atoms. The third-order valence-electron chi connectivity index (χ3n) is 2.13. The number of aromatic nitrogens is 3. The molecule has 0 aliphatic heterocycles. The maximum absolute atomic E-state index is 5.08. The van der Waals surface area contributed by atoms with Gasteiger partial charge in [-0.3, -0.25) is 0 Å². The molecule has 0 fully saturated rings. The van der Waals surface area contributed by atoms with Crippen LogP contribution in [0.1, 0.15) is 18.4 Å². The topological polar surface area (TPSA) is 53.1 Å². The summed E-state index contributed by atoms with van der Waals surface area (Å²) in [6.07, 6.45) is 4.72. The number of rotatable bonds is 4. The van der Waals surface area contributed by atoms with E-state index in [9.17, 15) is 0 Å². The van der Waals surface area contributed by atoms with Crippen LogP contribution in [0, 0.1) is 0 Å². The van der Waals surface area contributed by atoms with Crippen molar-refractivity contribution >= 4 is 0 Å². The molecule has 2 aromatic heterocycles. The maximum Gasteiger partial charge on any atom is 0.254 e. The normalized spacial score (nSPS) is 10.5. The van der Waals surface area contributed by atoms with Gasteiger partial charge in [-0.05, 0) is 11.6 Å². The quantitative estimate of drug-likeness (QED) is 0.762. The first-order valence-corrected chi connectivity index (χ1v) is 4.82. The standard InChI is InChI=1S/C10H13N3O2/c1-3-8-5-13(7-11-8)6-9-4-10(14-2)12-15-9/h4-5,7H,3,6H2,1-2H3. The number of methoxy groups -OCH3 is 1. The summed E-state index contributed by atoms with van der Waals surface area (Å²) in [6.45, 7) is 2.70. The number of nitrogens with zero attached hydrogens (tertiary/aromatic N) is 3. The van der Waals surface area contributed by atoms with Gasteiger partial charge in [-0.25, -0.2) is 4.98 Å². The lowest BCUT2D eigenvalue weighted by molar-refractivity contribution is 0.324. The van der Waals surface area contributed by atoms with Gasteiger partial charge >= 0.3 is 0 Å². The minimum absolute atomic E-state index is 0.501. The molecule has 0 aliphatic rings. The molecule has 0 radical (unpaired) electrons. The van der Waals surface area contributed by atoms with Crippen molar-refractivity contribution in [2.45, 2.75) is 19.9 Å². The second-order valence-corrected chi connectivity index (χ2v) is 3.23. The van der Waals surface area contributed by atoms with Crippen molar-refractivity contribution in [1.29, 1.82) is 0 Å². The highest BCUT2D eigenvalue weighted by molar-refractivity contribution is 5.11. The second kappa shape index (κ2) is 4.16. The van der Waals surface area contributed by atoms with Gasteiger partial charge in [0.25, 0.3) is 5.88 Å². The summed E-state index contributed by atoms with van der Waals surface area (Å²) >= 11 is 0. The third kappa shape index (κ3) is 2.18. The second-order valence-electron chi connectivity index (χ2n) is 3.23. The lowest BCUT2D eigenvalue weighted by atomic mass is 10.4. The Morgan fingerprint density at radius 1 is 1.53 bits per heavy atom. The van der Waals surface area contributed by atoms with Gasteiger partial charge in [0.2, 0.25) is 0 Å². The molecular weight excluding hydrogens is 194 g/mol. The van der Waals surface area contributed by atoms with Gasteiger partial charge in [-0.1, -0.05) is 6.92 Å². The first kappa shape index (κ1) is 9.76. The van der Waals surface area contributed by atoms with Gasteiger partial charge in [0.05, 0.1) is 25.7 Å². The molecule has 5 nitrogen and oxygen atoms in total. The molecule has 15 heavy (non-hydrogen) atoms. The first-order valence-electron chi connectivity index (χ1n) is 4.82. The van der Waals surface area contributed by atoms with Crippen molar-refractivity contribution in [2.24, 2.45) is 0 Å². The highest BCUT2D eigenvalue weighted by atomic mass is 16.5. The summed E-state index contributed by atoms with van der Waals surface area (Å²) in [5, 5.41) is 3.73. The lowest BCUT2D eigenvalue weighted by Gasteiger charge is -1.95. The van der Waals surface area contributed by atoms with Crippen LogP contribution in [0.4, 0.5) is 0 Å². The molecular formula is C10H13N3O2. The zero-order chi connectivity index (χ0) is 10.7. The molecule has 0 atom stereocenters. The molecule has 2 aromatic rings. The summed E-state index contributed by atoms with van der Waals surface area (Å²) < 4.78 is 12.0. The SMILES string of the molecule is CCc1cn(Cc2cc(OC)no2)cn1. The van der Waals surface area contributed by atoms with E-state index in [1.165, 1.54) is 0 Å². The number of imidazole rings is 1. The van der Waals surface area contributed by atoms with E-state index in [0.717, 1.165) is 17.9 Å². The molecule has 0 unspecified atom stereocenters. The summed E-state index contributed by atoms with van der Waals surface area (Å²) in [5.74, 6) is 1.26. The first-order chi connectivity index (χ1) is 7.31. The molecule has 0 bridgehead atoms. The van der Waals surface area contributed by atoms with Crippen LogP contribution < -0.4 is 4.74 Å². The molecule has 0 N–H and O–H groups in total. The Kier molecular flexibility index (Phi) is 2.71. The van der Waals surface area contributed by atoms with Crippen LogP contribution in [0.2, 0.25) is 0 Å². The highest BCUT2D eigenvalue weighted by Gasteiger charge is 2.05. The van der Waals surface area contributed by atoms with Crippen molar-refractivity contribution in [2.75, 3.05) is 7.11 Å². The average Bonchev–Trinajstić information content (AvgIpc) is 2.87. The fourth-order valence-electron chi connectivity index (χ4n) is 1.32. The lowest BCUT2D eigenvalue weighted by Crippen LogP contribution is -1.94. The fourth-order valence-corrected chi connectivity index (χ4v) is 1.32. The zero-order valence-corrected chi connectivity index (χ0v) is 8.80. The fraction of sp³-hybridized carbons (Fsp3) is 0.400. The number of hydrogen-bond acceptors (Lipinski definition) is 4. The van der Waals surface area contributed by atoms with Crippen LogP contribution in [0.15, 0.2) is 23.1 Å². The summed E-state index contributed by atoms with van der Waals surface area (Å²) in [6, 6.07) is 1.77. The van der Waals surface area contributed by atoms with Crippen molar-refractivity contribution in [1.82, 2.24) is 14.7 Å². The van der Waals surface area contributed by atoms with E-state index in [1.54, 1.807) is 19.5 Å². The Hall–Kier alpha value is -1.78. The summed E-state index contributed by atoms with van der Waals surface area (Å²) in [5.41, 5.74) is 1.07. The van der Waals surface area contributed by atoms with Crippen LogP contribution in [-0.2, 0) is 13.0 Å². The van der Waals surface area contributed by atoms with Crippen LogP contribution >= 0.6 is 0 Å². The molecule has 0 amide bonds. The van der Waals surface area contributed by atoms with Gasteiger partial charge in [0, 0.05) is 12.3 Å². The van der Waals surface area contributed by atoms with Crippen LogP contribution in [-0.4, -0.2) is 21.8 Å². The smallest absolute Gasteiger partial charge is 0.254 e. The van der Waals surface area contributed by atoms with Crippen LogP contribution in [0.5, 0.6) is 5.88 Å². The Morgan fingerprint density at radius 2 is 2.40 bits per heavy atom. The summed E-state index contributed by atoms with van der Waals surface area (Å²) in [7, 11) is 1.56. The number of ether oxygens (including phenoxy) is 1. The van der Waals surface area contributed by atoms with E-state index in [1.807, 2.05) is 10.8 Å². The van der Waals surface area contributed by atoms with Gasteiger partial charge in [0.1, 0.15) is 0 Å². The van der Waals surface area contributed by atoms with E-state index in [0.29, 0.717) is 12.4 Å². The molecule has 0 aromatic carbocycles. The largest absolute Gasteiger partial charge is 0.479 e. The van der Waals surface area contributed by atoms with Gasteiger partial charge in [-0.2, -0.15) is 0 Å². The Bertz CT molecular complexity index is 393. The minimum Gasteiger partial charge on any atom is -0.479 e. The van der Waals surface area contributed by atoms with E-state index in [-0.39, 0.29) is 0 Å². The predicted molar refractivity (Wildman–Crippen MR) is 53.8 cm³/mol. The third-order valence-corrected chi connectivity index (χ3v) is 2.13. The molecule has 0 saturated carbocycles. The van der Waals surface area contributed by atoms with E-state index >= 15 is 0 Å². The van der Waals surface area contributed by atoms with Crippen LogP contribution in [0.25, 0.3) is 0 Å². The Balaban J connectivity index is 2.07. The molecule has 80 valence electrons. The van der Waals surface area contributed by atoms with Crippen molar-refractivity contribution in [3.05, 3.63) is 30.0 Å². The molecule has 2 rings (SSSR count). The van der Waals surface area contributed by atoms with Gasteiger partial charge in [-0.15, -0.1) is 0 Å². The Labute approximate surface area is 87.7 Å². The molecule has 0 aliphatic carbocycles. The van der Waals surface area contributed by atoms with Gasteiger partial charge < -0.3 is 13.8 Å². The van der Waals surface area contributed by atoms with Crippen molar-refractivity contribution < 1.29 is 9.26 Å². The predicted octanol–water partition coefficient (Wildman–Crippen LogP) is 1.49. The monoisotopic (exact) mass is 207 g/mol. The van der Waals surface area contributed by atoms with Crippen molar-refractivity contribution in [3.8, 4) is 5.88 Å². The average molecular weight is 207 g/mol. The molecule has 0 saturated heterocycles. The molecule has 5 heteroatoms. The van der Waals surface area contributed by atoms with E-state index in [2.05, 4.69) is 17.1 Å². The van der Waals surface area contributed by atoms with E-state index in [4.69, 9.17) is 9.26 Å². The minimum atomic E-state index is 0.501. The maximum atomic E-state index is 5.08. The van der Waals surface area contributed by atoms with Crippen LogP contribution in [0.3, 0.4) is 0 Å². The molecule has 2 heterocycles. The van der Waals surface area contributed by atoms with Crippen molar-refractivity contribution in [3.63, 3.8) is 0 Å². The summed E-state index contributed by atoms with van der Waals surface area (Å²) in [4.78, 5) is 4.23. The number of hydrogen-bond donors (Lipinski definition) is 0. The Morgan fingerprint density at radius 3 is 3.00 bits per heavy atom. The zero-order valence-electron chi connectivity index (χ0n) is 8.80.